The molecule has 6 nitrogen and oxygen atoms in total. The van der Waals surface area contributed by atoms with Crippen LogP contribution in [0.4, 0.5) is 16.2 Å². The van der Waals surface area contributed by atoms with Crippen molar-refractivity contribution in [2.24, 2.45) is 0 Å². The number of nitrogens with zero attached hydrogens (tertiary/aromatic N) is 2. The Labute approximate surface area is 87.2 Å². The molecule has 0 aliphatic heterocycles. The highest BCUT2D eigenvalue weighted by molar-refractivity contribution is 9.10. The third-order valence-electron chi connectivity index (χ3n) is 1.44. The number of amides is 1. The van der Waals surface area contributed by atoms with Gasteiger partial charge in [-0.15, -0.1) is 0 Å². The highest BCUT2D eigenvalue weighted by Gasteiger charge is 2.13. The smallest absolute Gasteiger partial charge is 0.422 e. The van der Waals surface area contributed by atoms with Crippen molar-refractivity contribution in [1.82, 2.24) is 0 Å². The van der Waals surface area contributed by atoms with E-state index in [1.165, 1.54) is 18.2 Å². The minimum atomic E-state index is -1.24. The molecule has 1 rings (SSSR count). The van der Waals surface area contributed by atoms with E-state index in [1.54, 1.807) is 0 Å². The molecular weight excluding hydrogens is 256 g/mol. The Bertz CT molecular complexity index is 382. The van der Waals surface area contributed by atoms with E-state index in [2.05, 4.69) is 16.1 Å². The minimum Gasteiger partial charge on any atom is -0.464 e. The molecule has 0 aliphatic rings. The van der Waals surface area contributed by atoms with Crippen LogP contribution in [0.15, 0.2) is 24.3 Å². The van der Waals surface area contributed by atoms with Crippen LogP contribution >= 0.6 is 16.1 Å². The Morgan fingerprint density at radius 1 is 1.57 bits per heavy atom. The fourth-order valence-corrected chi connectivity index (χ4v) is 1.06. The maximum atomic E-state index is 10.5. The maximum Gasteiger partial charge on any atom is 0.422 e. The first kappa shape index (κ1) is 10.5. The van der Waals surface area contributed by atoms with Crippen molar-refractivity contribution in [3.8, 4) is 0 Å². The van der Waals surface area contributed by atoms with Gasteiger partial charge in [0, 0.05) is 12.1 Å². The second kappa shape index (κ2) is 4.05. The highest BCUT2D eigenvalue weighted by atomic mass is 79.9. The molecule has 0 saturated carbocycles. The van der Waals surface area contributed by atoms with Gasteiger partial charge in [0.2, 0.25) is 0 Å². The van der Waals surface area contributed by atoms with E-state index in [-0.39, 0.29) is 11.4 Å². The number of non-ortho nitro benzene ring substituents is 1. The van der Waals surface area contributed by atoms with Crippen LogP contribution in [0.1, 0.15) is 0 Å². The normalized spacial score (nSPS) is 9.50. The van der Waals surface area contributed by atoms with Crippen molar-refractivity contribution in [2.45, 2.75) is 0 Å². The first-order valence-electron chi connectivity index (χ1n) is 3.45. The number of hydrogen-bond acceptors (Lipinski definition) is 3. The lowest BCUT2D eigenvalue weighted by molar-refractivity contribution is -0.384. The Morgan fingerprint density at radius 2 is 2.21 bits per heavy atom. The molecule has 14 heavy (non-hydrogen) atoms. The number of nitro groups is 1. The van der Waals surface area contributed by atoms with Gasteiger partial charge < -0.3 is 5.11 Å². The first-order chi connectivity index (χ1) is 6.52. The Morgan fingerprint density at radius 3 is 2.71 bits per heavy atom. The molecule has 1 amide bonds. The fourth-order valence-electron chi connectivity index (χ4n) is 0.839. The number of rotatable bonds is 2. The van der Waals surface area contributed by atoms with Crippen molar-refractivity contribution >= 4 is 33.6 Å². The van der Waals surface area contributed by atoms with Gasteiger partial charge in [-0.3, -0.25) is 10.1 Å². The highest BCUT2D eigenvalue weighted by Crippen LogP contribution is 2.23. The zero-order valence-corrected chi connectivity index (χ0v) is 8.34. The van der Waals surface area contributed by atoms with Crippen LogP contribution in [0.5, 0.6) is 0 Å². The van der Waals surface area contributed by atoms with E-state index in [0.717, 1.165) is 9.99 Å². The lowest BCUT2D eigenvalue weighted by Crippen LogP contribution is -2.16. The van der Waals surface area contributed by atoms with Crippen molar-refractivity contribution in [2.75, 3.05) is 3.93 Å². The molecule has 0 atom stereocenters. The molecule has 7 heteroatoms. The summed E-state index contributed by atoms with van der Waals surface area (Å²) in [4.78, 5) is 20.3. The number of hydrogen-bond donors (Lipinski definition) is 1. The Balaban J connectivity index is 3.05. The maximum absolute atomic E-state index is 10.5. The summed E-state index contributed by atoms with van der Waals surface area (Å²) >= 11 is 2.74. The molecule has 0 heterocycles. The monoisotopic (exact) mass is 260 g/mol. The third kappa shape index (κ3) is 2.19. The molecule has 0 saturated heterocycles. The second-order valence-corrected chi connectivity index (χ2v) is 3.05. The molecule has 0 aromatic heterocycles. The van der Waals surface area contributed by atoms with Gasteiger partial charge in [-0.05, 0) is 6.07 Å². The number of anilines is 1. The van der Waals surface area contributed by atoms with Gasteiger partial charge in [-0.2, -0.15) is 0 Å². The van der Waals surface area contributed by atoms with Gasteiger partial charge in [0.1, 0.15) is 0 Å². The van der Waals surface area contributed by atoms with E-state index in [4.69, 9.17) is 5.11 Å². The SMILES string of the molecule is O=C(O)N(Br)c1cccc([N+](=O)[O-])c1. The Kier molecular flexibility index (Phi) is 3.03. The van der Waals surface area contributed by atoms with Crippen molar-refractivity contribution in [3.63, 3.8) is 0 Å². The molecule has 1 aromatic rings. The molecule has 0 fully saturated rings. The van der Waals surface area contributed by atoms with Gasteiger partial charge in [-0.1, -0.05) is 6.07 Å². The van der Waals surface area contributed by atoms with Gasteiger partial charge in [0.25, 0.3) is 5.69 Å². The third-order valence-corrected chi connectivity index (χ3v) is 2.15. The van der Waals surface area contributed by atoms with Crippen molar-refractivity contribution in [3.05, 3.63) is 34.4 Å². The molecule has 0 spiro atoms. The van der Waals surface area contributed by atoms with E-state index >= 15 is 0 Å². The quantitative estimate of drug-likeness (QED) is 0.503. The minimum absolute atomic E-state index is 0.159. The second-order valence-electron chi connectivity index (χ2n) is 2.34. The standard InChI is InChI=1S/C7H5BrN2O4/c8-9(7(11)12)5-2-1-3-6(4-5)10(13)14/h1-4H,(H,11,12). The predicted octanol–water partition coefficient (Wildman–Crippen LogP) is 2.39. The first-order valence-corrected chi connectivity index (χ1v) is 4.16. The van der Waals surface area contributed by atoms with Crippen molar-refractivity contribution in [1.29, 1.82) is 0 Å². The molecule has 74 valence electrons. The predicted molar refractivity (Wildman–Crippen MR) is 52.5 cm³/mol. The lowest BCUT2D eigenvalue weighted by atomic mass is 10.3. The van der Waals surface area contributed by atoms with E-state index in [9.17, 15) is 14.9 Å². The molecular formula is C7H5BrN2O4. The summed E-state index contributed by atoms with van der Waals surface area (Å²) in [6.45, 7) is 0. The summed E-state index contributed by atoms with van der Waals surface area (Å²) in [5.74, 6) is 0. The largest absolute Gasteiger partial charge is 0.464 e. The number of carboxylic acid groups (broad SMARTS) is 1. The summed E-state index contributed by atoms with van der Waals surface area (Å²) in [5, 5.41) is 18.9. The van der Waals surface area contributed by atoms with Crippen LogP contribution in [-0.2, 0) is 0 Å². The average molecular weight is 261 g/mol. The van der Waals surface area contributed by atoms with E-state index in [1.807, 2.05) is 0 Å². The number of benzene rings is 1. The summed E-state index contributed by atoms with van der Waals surface area (Å²) < 4.78 is 0.722. The summed E-state index contributed by atoms with van der Waals surface area (Å²) in [6.07, 6.45) is -1.24. The number of nitro benzene ring substituents is 1. The van der Waals surface area contributed by atoms with Crippen LogP contribution in [0, 0.1) is 10.1 Å². The van der Waals surface area contributed by atoms with Crippen molar-refractivity contribution < 1.29 is 14.8 Å². The van der Waals surface area contributed by atoms with E-state index in [0.29, 0.717) is 0 Å². The Hall–Kier alpha value is -1.63. The lowest BCUT2D eigenvalue weighted by Gasteiger charge is -2.08. The molecule has 1 aromatic carbocycles. The summed E-state index contributed by atoms with van der Waals surface area (Å²) in [5.41, 5.74) is 0.0277. The van der Waals surface area contributed by atoms with Gasteiger partial charge in [-0.25, -0.2) is 8.72 Å². The van der Waals surface area contributed by atoms with Crippen LogP contribution in [0.2, 0.25) is 0 Å². The topological polar surface area (TPSA) is 83.7 Å². The summed E-state index contributed by atoms with van der Waals surface area (Å²) in [6, 6.07) is 5.29. The molecule has 0 unspecified atom stereocenters. The van der Waals surface area contributed by atoms with E-state index < -0.39 is 11.0 Å². The van der Waals surface area contributed by atoms with Gasteiger partial charge in [0.15, 0.2) is 0 Å². The molecule has 0 aliphatic carbocycles. The van der Waals surface area contributed by atoms with Gasteiger partial charge >= 0.3 is 6.09 Å². The summed E-state index contributed by atoms with van der Waals surface area (Å²) in [7, 11) is 0. The zero-order valence-electron chi connectivity index (χ0n) is 6.75. The van der Waals surface area contributed by atoms with Crippen LogP contribution < -0.4 is 3.93 Å². The molecule has 1 N–H and O–H groups in total. The van der Waals surface area contributed by atoms with Gasteiger partial charge in [0.05, 0.1) is 26.8 Å². The number of carbonyl (C=O) groups is 1. The number of halogens is 1. The van der Waals surface area contributed by atoms with Crippen LogP contribution in [-0.4, -0.2) is 16.1 Å². The molecule has 0 bridgehead atoms. The van der Waals surface area contributed by atoms with Crippen LogP contribution in [0.25, 0.3) is 0 Å². The average Bonchev–Trinajstić information content (AvgIpc) is 2.16. The van der Waals surface area contributed by atoms with Crippen LogP contribution in [0.3, 0.4) is 0 Å². The zero-order chi connectivity index (χ0) is 10.7. The fraction of sp³-hybridized carbons (Fsp3) is 0. The molecule has 0 radical (unpaired) electrons.